The Balaban J connectivity index is 2.33. The van der Waals surface area contributed by atoms with E-state index in [2.05, 4.69) is 0 Å². The lowest BCUT2D eigenvalue weighted by atomic mass is 10.0. The van der Waals surface area contributed by atoms with Gasteiger partial charge in [0.15, 0.2) is 0 Å². The summed E-state index contributed by atoms with van der Waals surface area (Å²) in [6.07, 6.45) is 0.454. The lowest BCUT2D eigenvalue weighted by Gasteiger charge is -2.10. The first-order valence-corrected chi connectivity index (χ1v) is 5.47. The zero-order valence-electron chi connectivity index (χ0n) is 9.92. The van der Waals surface area contributed by atoms with Gasteiger partial charge in [0.05, 0.1) is 7.11 Å². The number of rotatable bonds is 3. The van der Waals surface area contributed by atoms with E-state index >= 15 is 0 Å². The molecule has 4 nitrogen and oxygen atoms in total. The van der Waals surface area contributed by atoms with Crippen LogP contribution in [-0.4, -0.2) is 22.4 Å². The summed E-state index contributed by atoms with van der Waals surface area (Å²) in [4.78, 5) is 0. The Kier molecular flexibility index (Phi) is 3.28. The van der Waals surface area contributed by atoms with Crippen LogP contribution in [0.4, 0.5) is 0 Å². The molecule has 0 aromatic heterocycles. The molecule has 0 atom stereocenters. The second kappa shape index (κ2) is 4.87. The highest BCUT2D eigenvalue weighted by Crippen LogP contribution is 2.30. The zero-order valence-corrected chi connectivity index (χ0v) is 9.92. The molecule has 0 aliphatic rings. The average Bonchev–Trinajstić information content (AvgIpc) is 2.34. The average molecular weight is 246 g/mol. The summed E-state index contributed by atoms with van der Waals surface area (Å²) in [6, 6.07) is 9.28. The molecule has 94 valence electrons. The highest BCUT2D eigenvalue weighted by Gasteiger charge is 2.08. The second-order valence-corrected chi connectivity index (χ2v) is 3.99. The van der Waals surface area contributed by atoms with E-state index < -0.39 is 0 Å². The first-order chi connectivity index (χ1) is 8.60. The molecule has 2 aromatic carbocycles. The van der Waals surface area contributed by atoms with Crippen molar-refractivity contribution in [1.29, 1.82) is 0 Å². The van der Waals surface area contributed by atoms with Crippen LogP contribution in [0.3, 0.4) is 0 Å². The number of phenolic OH excluding ortho intramolecular Hbond substituents is 3. The first-order valence-electron chi connectivity index (χ1n) is 5.47. The van der Waals surface area contributed by atoms with Crippen LogP contribution >= 0.6 is 0 Å². The summed E-state index contributed by atoms with van der Waals surface area (Å²) in [5, 5.41) is 28.3. The van der Waals surface area contributed by atoms with Crippen LogP contribution < -0.4 is 4.74 Å². The fraction of sp³-hybridized carbons (Fsp3) is 0.143. The molecule has 2 aromatic rings. The van der Waals surface area contributed by atoms with Crippen molar-refractivity contribution in [3.63, 3.8) is 0 Å². The van der Waals surface area contributed by atoms with Crippen molar-refractivity contribution >= 4 is 0 Å². The van der Waals surface area contributed by atoms with Crippen molar-refractivity contribution in [2.24, 2.45) is 0 Å². The minimum Gasteiger partial charge on any atom is -0.508 e. The van der Waals surface area contributed by atoms with Gasteiger partial charge in [-0.3, -0.25) is 0 Å². The predicted molar refractivity (Wildman–Crippen MR) is 67.2 cm³/mol. The number of phenols is 3. The van der Waals surface area contributed by atoms with Crippen molar-refractivity contribution in [1.82, 2.24) is 0 Å². The molecule has 18 heavy (non-hydrogen) atoms. The van der Waals surface area contributed by atoms with E-state index in [1.54, 1.807) is 18.2 Å². The normalized spacial score (nSPS) is 10.3. The van der Waals surface area contributed by atoms with Gasteiger partial charge in [-0.1, -0.05) is 12.1 Å². The van der Waals surface area contributed by atoms with E-state index in [9.17, 15) is 15.3 Å². The molecule has 3 N–H and O–H groups in total. The molecule has 0 fully saturated rings. The molecule has 0 saturated heterocycles. The maximum atomic E-state index is 9.72. The molecule has 0 spiro atoms. The Bertz CT molecular complexity index is 564. The highest BCUT2D eigenvalue weighted by atomic mass is 16.5. The minimum absolute atomic E-state index is 0.0221. The van der Waals surface area contributed by atoms with Crippen LogP contribution in [0, 0.1) is 0 Å². The van der Waals surface area contributed by atoms with Crippen LogP contribution in [0.5, 0.6) is 23.0 Å². The molecule has 0 saturated carbocycles. The maximum Gasteiger partial charge on any atom is 0.126 e. The van der Waals surface area contributed by atoms with E-state index in [0.717, 1.165) is 5.56 Å². The molecule has 0 heterocycles. The lowest BCUT2D eigenvalue weighted by molar-refractivity contribution is 0.403. The van der Waals surface area contributed by atoms with Crippen LogP contribution in [0.15, 0.2) is 36.4 Å². The molecule has 0 radical (unpaired) electrons. The Labute approximate surface area is 105 Å². The number of ether oxygens (including phenoxy) is 1. The summed E-state index contributed by atoms with van der Waals surface area (Å²) in [5.41, 5.74) is 1.52. The van der Waals surface area contributed by atoms with Gasteiger partial charge in [-0.2, -0.15) is 0 Å². The van der Waals surface area contributed by atoms with Crippen LogP contribution in [0.25, 0.3) is 0 Å². The Hall–Kier alpha value is -2.36. The summed E-state index contributed by atoms with van der Waals surface area (Å²) in [5.74, 6) is 0.743. The smallest absolute Gasteiger partial charge is 0.126 e. The molecule has 4 heteroatoms. The molecular formula is C14H14O4. The molecule has 0 amide bonds. The van der Waals surface area contributed by atoms with Crippen molar-refractivity contribution in [2.45, 2.75) is 6.42 Å². The van der Waals surface area contributed by atoms with Crippen molar-refractivity contribution in [3.05, 3.63) is 47.5 Å². The number of aromatic hydroxyl groups is 3. The molecular weight excluding hydrogens is 232 g/mol. The molecule has 0 aliphatic heterocycles. The minimum atomic E-state index is 0.0221. The van der Waals surface area contributed by atoms with Crippen LogP contribution in [0.1, 0.15) is 11.1 Å². The van der Waals surface area contributed by atoms with E-state index in [1.807, 2.05) is 0 Å². The second-order valence-electron chi connectivity index (χ2n) is 3.99. The summed E-state index contributed by atoms with van der Waals surface area (Å²) >= 11 is 0. The van der Waals surface area contributed by atoms with E-state index in [1.165, 1.54) is 25.3 Å². The quantitative estimate of drug-likeness (QED) is 0.777. The van der Waals surface area contributed by atoms with Gasteiger partial charge in [0.2, 0.25) is 0 Å². The maximum absolute atomic E-state index is 9.72. The zero-order chi connectivity index (χ0) is 13.1. The van der Waals surface area contributed by atoms with Gasteiger partial charge in [-0.05, 0) is 23.3 Å². The fourth-order valence-electron chi connectivity index (χ4n) is 1.79. The largest absolute Gasteiger partial charge is 0.508 e. The van der Waals surface area contributed by atoms with Gasteiger partial charge in [-0.15, -0.1) is 0 Å². The monoisotopic (exact) mass is 246 g/mol. The van der Waals surface area contributed by atoms with Gasteiger partial charge >= 0.3 is 0 Å². The predicted octanol–water partition coefficient (Wildman–Crippen LogP) is 2.40. The molecule has 0 aliphatic carbocycles. The highest BCUT2D eigenvalue weighted by molar-refractivity contribution is 5.46. The third kappa shape index (κ3) is 2.48. The summed E-state index contributed by atoms with van der Waals surface area (Å²) in [6.45, 7) is 0. The number of methoxy groups -OCH3 is 1. The van der Waals surface area contributed by atoms with Crippen molar-refractivity contribution < 1.29 is 20.1 Å². The van der Waals surface area contributed by atoms with E-state index in [4.69, 9.17) is 4.74 Å². The first kappa shape index (κ1) is 12.1. The number of benzene rings is 2. The van der Waals surface area contributed by atoms with Crippen molar-refractivity contribution in [2.75, 3.05) is 7.11 Å². The van der Waals surface area contributed by atoms with E-state index in [-0.39, 0.29) is 17.2 Å². The standard InChI is InChI=1S/C14H14O4/c1-18-14-8-12(16)5-3-10(14)6-9-2-4-11(15)7-13(9)17/h2-5,7-8,15-17H,6H2,1H3. The molecule has 0 bridgehead atoms. The molecule has 2 rings (SSSR count). The lowest BCUT2D eigenvalue weighted by Crippen LogP contribution is -1.94. The van der Waals surface area contributed by atoms with Gasteiger partial charge < -0.3 is 20.1 Å². The topological polar surface area (TPSA) is 69.9 Å². The van der Waals surface area contributed by atoms with Gasteiger partial charge in [-0.25, -0.2) is 0 Å². The Morgan fingerprint density at radius 2 is 1.50 bits per heavy atom. The van der Waals surface area contributed by atoms with Gasteiger partial charge in [0.1, 0.15) is 23.0 Å². The molecule has 0 unspecified atom stereocenters. The number of hydrogen-bond acceptors (Lipinski definition) is 4. The van der Waals surface area contributed by atoms with Crippen LogP contribution in [-0.2, 0) is 6.42 Å². The Morgan fingerprint density at radius 1 is 0.889 bits per heavy atom. The fourth-order valence-corrected chi connectivity index (χ4v) is 1.79. The summed E-state index contributed by atoms with van der Waals surface area (Å²) < 4.78 is 5.17. The van der Waals surface area contributed by atoms with Crippen molar-refractivity contribution in [3.8, 4) is 23.0 Å². The third-order valence-corrected chi connectivity index (χ3v) is 2.72. The number of hydrogen-bond donors (Lipinski definition) is 3. The van der Waals surface area contributed by atoms with Gasteiger partial charge in [0.25, 0.3) is 0 Å². The third-order valence-electron chi connectivity index (χ3n) is 2.72. The Morgan fingerprint density at radius 3 is 2.11 bits per heavy atom. The van der Waals surface area contributed by atoms with Crippen LogP contribution in [0.2, 0.25) is 0 Å². The van der Waals surface area contributed by atoms with Gasteiger partial charge in [0, 0.05) is 18.6 Å². The SMILES string of the molecule is COc1cc(O)ccc1Cc1ccc(O)cc1O. The van der Waals surface area contributed by atoms with E-state index in [0.29, 0.717) is 17.7 Å². The summed E-state index contributed by atoms with van der Waals surface area (Å²) in [7, 11) is 1.52.